The topological polar surface area (TPSA) is 4.10 Å². The Morgan fingerprint density at radius 1 is 0.630 bits per heavy atom. The molecule has 130 valence electrons. The van der Waals surface area contributed by atoms with Crippen molar-refractivity contribution < 1.29 is 4.40 Å². The standard InChI is InChI=1S/C25H20NS/c1-17-18(2)27-25-24(20-13-7-4-8-14-20)23(19-11-5-3-6-12-19)21-15-9-10-16-22(21)26(17)25/h3-16H,1-2H3/q+1. The Morgan fingerprint density at radius 2 is 1.19 bits per heavy atom. The SMILES string of the molecule is Cc1sc2c(-c3ccccc3)c(-c3ccccc3)c3ccccc3[n+]2c1C. The number of hydrogen-bond donors (Lipinski definition) is 0. The van der Waals surface area contributed by atoms with Gasteiger partial charge in [0.05, 0.1) is 15.8 Å². The molecule has 0 aliphatic carbocycles. The van der Waals surface area contributed by atoms with Crippen molar-refractivity contribution in [3.8, 4) is 22.3 Å². The molecule has 2 aromatic heterocycles. The summed E-state index contributed by atoms with van der Waals surface area (Å²) in [5.74, 6) is 0. The molecule has 5 aromatic rings. The molecule has 0 amide bonds. The molecule has 5 rings (SSSR count). The molecule has 2 heterocycles. The Balaban J connectivity index is 2.08. The van der Waals surface area contributed by atoms with Gasteiger partial charge in [0.1, 0.15) is 0 Å². The van der Waals surface area contributed by atoms with E-state index in [1.807, 2.05) is 11.3 Å². The average Bonchev–Trinajstić information content (AvgIpc) is 3.03. The van der Waals surface area contributed by atoms with Gasteiger partial charge in [0.25, 0.3) is 4.83 Å². The van der Waals surface area contributed by atoms with E-state index < -0.39 is 0 Å². The summed E-state index contributed by atoms with van der Waals surface area (Å²) >= 11 is 1.89. The maximum absolute atomic E-state index is 2.43. The highest BCUT2D eigenvalue weighted by Gasteiger charge is 2.27. The molecular weight excluding hydrogens is 346 g/mol. The first kappa shape index (κ1) is 16.2. The average molecular weight is 367 g/mol. The van der Waals surface area contributed by atoms with Crippen LogP contribution in [0.2, 0.25) is 0 Å². The first-order valence-corrected chi connectivity index (χ1v) is 10.0. The van der Waals surface area contributed by atoms with E-state index in [0.717, 1.165) is 0 Å². The van der Waals surface area contributed by atoms with Crippen LogP contribution >= 0.6 is 11.3 Å². The van der Waals surface area contributed by atoms with Crippen molar-refractivity contribution in [3.05, 3.63) is 95.5 Å². The van der Waals surface area contributed by atoms with E-state index in [4.69, 9.17) is 0 Å². The second-order valence-electron chi connectivity index (χ2n) is 6.88. The van der Waals surface area contributed by atoms with E-state index in [1.54, 1.807) is 0 Å². The molecule has 3 aromatic carbocycles. The largest absolute Gasteiger partial charge is 0.276 e. The minimum absolute atomic E-state index is 1.26. The molecule has 0 saturated carbocycles. The van der Waals surface area contributed by atoms with Crippen molar-refractivity contribution >= 4 is 27.1 Å². The minimum Gasteiger partial charge on any atom is -0.147 e. The summed E-state index contributed by atoms with van der Waals surface area (Å²) in [5, 5.41) is 1.29. The van der Waals surface area contributed by atoms with Gasteiger partial charge in [-0.3, -0.25) is 0 Å². The predicted molar refractivity (Wildman–Crippen MR) is 115 cm³/mol. The summed E-state index contributed by atoms with van der Waals surface area (Å²) in [7, 11) is 0. The second-order valence-corrected chi connectivity index (χ2v) is 8.09. The lowest BCUT2D eigenvalue weighted by molar-refractivity contribution is -0.485. The van der Waals surface area contributed by atoms with Crippen molar-refractivity contribution in [1.82, 2.24) is 0 Å². The monoisotopic (exact) mass is 366 g/mol. The quantitative estimate of drug-likeness (QED) is 0.310. The predicted octanol–water partition coefficient (Wildman–Crippen LogP) is 6.59. The highest BCUT2D eigenvalue weighted by Crippen LogP contribution is 2.41. The lowest BCUT2D eigenvalue weighted by Gasteiger charge is -2.12. The number of rotatable bonds is 2. The molecule has 27 heavy (non-hydrogen) atoms. The Bertz CT molecular complexity index is 1270. The van der Waals surface area contributed by atoms with Gasteiger partial charge >= 0.3 is 0 Å². The van der Waals surface area contributed by atoms with Crippen molar-refractivity contribution in [1.29, 1.82) is 0 Å². The fraction of sp³-hybridized carbons (Fsp3) is 0.0800. The van der Waals surface area contributed by atoms with Gasteiger partial charge in [0.2, 0.25) is 5.52 Å². The molecule has 0 spiro atoms. The van der Waals surface area contributed by atoms with Crippen LogP contribution in [0.15, 0.2) is 84.9 Å². The van der Waals surface area contributed by atoms with E-state index in [0.29, 0.717) is 0 Å². The van der Waals surface area contributed by atoms with Gasteiger partial charge in [-0.15, -0.1) is 4.40 Å². The number of nitrogens with zero attached hydrogens (tertiary/aromatic N) is 1. The van der Waals surface area contributed by atoms with Crippen molar-refractivity contribution in [2.75, 3.05) is 0 Å². The van der Waals surface area contributed by atoms with Crippen LogP contribution in [0.25, 0.3) is 38.0 Å². The third-order valence-corrected chi connectivity index (χ3v) is 6.48. The Hall–Kier alpha value is -2.97. The molecule has 2 heteroatoms. The molecule has 0 bridgehead atoms. The number of para-hydroxylation sites is 1. The molecule has 0 atom stereocenters. The number of thiazole rings is 1. The normalized spacial score (nSPS) is 11.3. The zero-order chi connectivity index (χ0) is 18.4. The molecule has 0 radical (unpaired) electrons. The van der Waals surface area contributed by atoms with Gasteiger partial charge < -0.3 is 0 Å². The van der Waals surface area contributed by atoms with Crippen molar-refractivity contribution in [2.45, 2.75) is 13.8 Å². The minimum atomic E-state index is 1.26. The van der Waals surface area contributed by atoms with Gasteiger partial charge in [-0.25, -0.2) is 0 Å². The molecule has 0 saturated heterocycles. The molecule has 0 N–H and O–H groups in total. The van der Waals surface area contributed by atoms with Gasteiger partial charge in [0, 0.05) is 18.6 Å². The van der Waals surface area contributed by atoms with Crippen molar-refractivity contribution in [2.24, 2.45) is 0 Å². The fourth-order valence-electron chi connectivity index (χ4n) is 3.93. The van der Waals surface area contributed by atoms with Crippen LogP contribution in [0.5, 0.6) is 0 Å². The van der Waals surface area contributed by atoms with Crippen LogP contribution in [0, 0.1) is 13.8 Å². The number of pyridine rings is 1. The van der Waals surface area contributed by atoms with Gasteiger partial charge in [-0.1, -0.05) is 84.1 Å². The van der Waals surface area contributed by atoms with Crippen LogP contribution < -0.4 is 4.40 Å². The summed E-state index contributed by atoms with van der Waals surface area (Å²) in [6.07, 6.45) is 0. The van der Waals surface area contributed by atoms with E-state index in [-0.39, 0.29) is 0 Å². The maximum atomic E-state index is 2.43. The van der Waals surface area contributed by atoms with Crippen molar-refractivity contribution in [3.63, 3.8) is 0 Å². The summed E-state index contributed by atoms with van der Waals surface area (Å²) in [6.45, 7) is 4.45. The number of aromatic nitrogens is 1. The first-order valence-electron chi connectivity index (χ1n) is 9.23. The van der Waals surface area contributed by atoms with Crippen LogP contribution in [-0.4, -0.2) is 0 Å². The van der Waals surface area contributed by atoms with Crippen LogP contribution in [0.1, 0.15) is 10.6 Å². The summed E-state index contributed by atoms with van der Waals surface area (Å²) < 4.78 is 2.43. The molecular formula is C25H20NS+. The molecule has 1 nitrogen and oxygen atoms in total. The van der Waals surface area contributed by atoms with Crippen LogP contribution in [0.4, 0.5) is 0 Å². The zero-order valence-corrected chi connectivity index (χ0v) is 16.3. The lowest BCUT2D eigenvalue weighted by Crippen LogP contribution is -2.25. The van der Waals surface area contributed by atoms with E-state index in [2.05, 4.69) is 103 Å². The number of aryl methyl sites for hydroxylation is 2. The molecule has 0 aliphatic heterocycles. The lowest BCUT2D eigenvalue weighted by atomic mass is 9.92. The highest BCUT2D eigenvalue weighted by atomic mass is 32.1. The third-order valence-electron chi connectivity index (χ3n) is 5.30. The summed E-state index contributed by atoms with van der Waals surface area (Å²) in [4.78, 5) is 2.68. The van der Waals surface area contributed by atoms with Gasteiger partial charge in [-0.2, -0.15) is 0 Å². The van der Waals surface area contributed by atoms with Crippen LogP contribution in [0.3, 0.4) is 0 Å². The number of fused-ring (bicyclic) bond motifs is 3. The highest BCUT2D eigenvalue weighted by molar-refractivity contribution is 7.17. The Kier molecular flexibility index (Phi) is 3.80. The Morgan fingerprint density at radius 3 is 1.85 bits per heavy atom. The Labute approximate surface area is 163 Å². The molecule has 0 unspecified atom stereocenters. The molecule has 0 aliphatic rings. The van der Waals surface area contributed by atoms with Crippen LogP contribution in [-0.2, 0) is 0 Å². The third kappa shape index (κ3) is 2.48. The van der Waals surface area contributed by atoms with Gasteiger partial charge in [-0.05, 0) is 24.1 Å². The maximum Gasteiger partial charge on any atom is 0.276 e. The summed E-state index contributed by atoms with van der Waals surface area (Å²) in [5.41, 5.74) is 7.76. The van der Waals surface area contributed by atoms with E-state index in [9.17, 15) is 0 Å². The number of hydrogen-bond acceptors (Lipinski definition) is 1. The summed E-state index contributed by atoms with van der Waals surface area (Å²) in [6, 6.07) is 30.3. The second kappa shape index (κ2) is 6.33. The fourth-order valence-corrected chi connectivity index (χ4v) is 5.10. The first-order chi connectivity index (χ1) is 13.3. The number of benzene rings is 3. The smallest absolute Gasteiger partial charge is 0.147 e. The zero-order valence-electron chi connectivity index (χ0n) is 15.4. The van der Waals surface area contributed by atoms with E-state index >= 15 is 0 Å². The van der Waals surface area contributed by atoms with E-state index in [1.165, 1.54) is 48.6 Å². The van der Waals surface area contributed by atoms with Gasteiger partial charge in [0.15, 0.2) is 5.69 Å². The molecule has 0 fully saturated rings.